The van der Waals surface area contributed by atoms with Crippen LogP contribution in [0.3, 0.4) is 0 Å². The fourth-order valence-corrected chi connectivity index (χ4v) is 2.68. The topological polar surface area (TPSA) is 73.1 Å². The van der Waals surface area contributed by atoms with Crippen molar-refractivity contribution >= 4 is 5.82 Å². The van der Waals surface area contributed by atoms with Crippen molar-refractivity contribution in [1.29, 1.82) is 0 Å². The molecule has 1 aromatic rings. The van der Waals surface area contributed by atoms with Crippen molar-refractivity contribution in [1.82, 2.24) is 9.97 Å². The summed E-state index contributed by atoms with van der Waals surface area (Å²) in [6.07, 6.45) is 8.04. The lowest BCUT2D eigenvalue weighted by Crippen LogP contribution is -2.18. The van der Waals surface area contributed by atoms with Gasteiger partial charge in [0.25, 0.3) is 0 Å². The van der Waals surface area contributed by atoms with E-state index >= 15 is 0 Å². The van der Waals surface area contributed by atoms with Gasteiger partial charge in [-0.15, -0.1) is 0 Å². The SMILES string of the molecule is CC(C)c1c(NN)ncnc1OCC1CCCCC1. The summed E-state index contributed by atoms with van der Waals surface area (Å²) >= 11 is 0. The zero-order valence-corrected chi connectivity index (χ0v) is 11.9. The molecule has 0 atom stereocenters. The molecule has 1 aliphatic carbocycles. The minimum atomic E-state index is 0.272. The van der Waals surface area contributed by atoms with Crippen LogP contribution in [0.2, 0.25) is 0 Å². The van der Waals surface area contributed by atoms with E-state index in [0.29, 0.717) is 17.6 Å². The molecule has 0 aromatic carbocycles. The Kier molecular flexibility index (Phi) is 4.96. The molecule has 5 heteroatoms. The lowest BCUT2D eigenvalue weighted by Gasteiger charge is -2.22. The summed E-state index contributed by atoms with van der Waals surface area (Å²) in [5.74, 6) is 7.76. The Bertz CT molecular complexity index is 402. The van der Waals surface area contributed by atoms with Crippen molar-refractivity contribution in [2.24, 2.45) is 11.8 Å². The molecule has 0 radical (unpaired) electrons. The number of hydrogen-bond donors (Lipinski definition) is 2. The maximum Gasteiger partial charge on any atom is 0.222 e. The van der Waals surface area contributed by atoms with Gasteiger partial charge in [0.15, 0.2) is 5.82 Å². The van der Waals surface area contributed by atoms with Gasteiger partial charge in [-0.05, 0) is 24.7 Å². The minimum Gasteiger partial charge on any atom is -0.477 e. The number of ether oxygens (including phenoxy) is 1. The van der Waals surface area contributed by atoms with E-state index in [4.69, 9.17) is 10.6 Å². The Balaban J connectivity index is 2.06. The largest absolute Gasteiger partial charge is 0.477 e. The average molecular weight is 264 g/mol. The molecule has 1 aromatic heterocycles. The van der Waals surface area contributed by atoms with E-state index in [-0.39, 0.29) is 5.92 Å². The highest BCUT2D eigenvalue weighted by molar-refractivity contribution is 5.49. The van der Waals surface area contributed by atoms with Gasteiger partial charge in [0.05, 0.1) is 12.2 Å². The van der Waals surface area contributed by atoms with E-state index in [2.05, 4.69) is 29.2 Å². The van der Waals surface area contributed by atoms with Crippen LogP contribution in [0.1, 0.15) is 57.4 Å². The molecule has 0 saturated heterocycles. The summed E-state index contributed by atoms with van der Waals surface area (Å²) in [6, 6.07) is 0. The van der Waals surface area contributed by atoms with Crippen molar-refractivity contribution in [3.05, 3.63) is 11.9 Å². The lowest BCUT2D eigenvalue weighted by molar-refractivity contribution is 0.200. The lowest BCUT2D eigenvalue weighted by atomic mass is 9.90. The molecule has 1 saturated carbocycles. The van der Waals surface area contributed by atoms with E-state index in [1.807, 2.05) is 0 Å². The van der Waals surface area contributed by atoms with Gasteiger partial charge in [0.2, 0.25) is 5.88 Å². The number of rotatable bonds is 5. The first-order valence-electron chi connectivity index (χ1n) is 7.16. The maximum atomic E-state index is 5.93. The van der Waals surface area contributed by atoms with E-state index < -0.39 is 0 Å². The second-order valence-corrected chi connectivity index (χ2v) is 5.56. The van der Waals surface area contributed by atoms with Crippen LogP contribution in [0.4, 0.5) is 5.82 Å². The molecular formula is C14H24N4O. The van der Waals surface area contributed by atoms with Crippen LogP contribution in [0.15, 0.2) is 6.33 Å². The number of nitrogens with zero attached hydrogens (tertiary/aromatic N) is 2. The number of hydrogen-bond acceptors (Lipinski definition) is 5. The second kappa shape index (κ2) is 6.70. The average Bonchev–Trinajstić information content (AvgIpc) is 2.45. The number of nitrogens with one attached hydrogen (secondary N) is 1. The number of anilines is 1. The first-order chi connectivity index (χ1) is 9.22. The van der Waals surface area contributed by atoms with E-state index in [1.165, 1.54) is 38.4 Å². The van der Waals surface area contributed by atoms with Gasteiger partial charge in [-0.2, -0.15) is 0 Å². The Morgan fingerprint density at radius 1 is 1.32 bits per heavy atom. The molecule has 19 heavy (non-hydrogen) atoms. The van der Waals surface area contributed by atoms with Gasteiger partial charge >= 0.3 is 0 Å². The molecule has 0 spiro atoms. The predicted octanol–water partition coefficient (Wildman–Crippen LogP) is 2.84. The van der Waals surface area contributed by atoms with Gasteiger partial charge in [0.1, 0.15) is 6.33 Å². The van der Waals surface area contributed by atoms with E-state index in [0.717, 1.165) is 12.2 Å². The number of hydrazine groups is 1. The minimum absolute atomic E-state index is 0.272. The molecule has 106 valence electrons. The molecule has 2 rings (SSSR count). The van der Waals surface area contributed by atoms with Gasteiger partial charge in [0, 0.05) is 0 Å². The van der Waals surface area contributed by atoms with Crippen LogP contribution < -0.4 is 16.0 Å². The van der Waals surface area contributed by atoms with Gasteiger partial charge in [-0.3, -0.25) is 0 Å². The number of nitrogens with two attached hydrogens (primary N) is 1. The van der Waals surface area contributed by atoms with Crippen LogP contribution in [-0.4, -0.2) is 16.6 Å². The molecule has 3 N–H and O–H groups in total. The zero-order valence-electron chi connectivity index (χ0n) is 11.9. The number of nitrogen functional groups attached to an aromatic ring is 1. The van der Waals surface area contributed by atoms with Crippen LogP contribution in [0.5, 0.6) is 5.88 Å². The molecule has 0 aliphatic heterocycles. The number of aromatic nitrogens is 2. The highest BCUT2D eigenvalue weighted by atomic mass is 16.5. The van der Waals surface area contributed by atoms with Crippen LogP contribution in [0.25, 0.3) is 0 Å². The highest BCUT2D eigenvalue weighted by Crippen LogP contribution is 2.31. The predicted molar refractivity (Wildman–Crippen MR) is 76.0 cm³/mol. The third-order valence-electron chi connectivity index (χ3n) is 3.74. The Morgan fingerprint density at radius 2 is 2.05 bits per heavy atom. The van der Waals surface area contributed by atoms with Crippen LogP contribution in [-0.2, 0) is 0 Å². The standard InChI is InChI=1S/C14H24N4O/c1-10(2)12-13(18-15)16-9-17-14(12)19-8-11-6-4-3-5-7-11/h9-11H,3-8,15H2,1-2H3,(H,16,17,18). The maximum absolute atomic E-state index is 5.93. The molecular weight excluding hydrogens is 240 g/mol. The zero-order chi connectivity index (χ0) is 13.7. The smallest absolute Gasteiger partial charge is 0.222 e. The van der Waals surface area contributed by atoms with Gasteiger partial charge < -0.3 is 10.2 Å². The normalized spacial score (nSPS) is 16.6. The second-order valence-electron chi connectivity index (χ2n) is 5.56. The summed E-state index contributed by atoms with van der Waals surface area (Å²) in [7, 11) is 0. The summed E-state index contributed by atoms with van der Waals surface area (Å²) in [6.45, 7) is 4.93. The fraction of sp³-hybridized carbons (Fsp3) is 0.714. The molecule has 1 heterocycles. The third kappa shape index (κ3) is 3.56. The van der Waals surface area contributed by atoms with Crippen molar-refractivity contribution in [3.8, 4) is 5.88 Å². The fourth-order valence-electron chi connectivity index (χ4n) is 2.68. The summed E-state index contributed by atoms with van der Waals surface area (Å²) < 4.78 is 5.93. The summed E-state index contributed by atoms with van der Waals surface area (Å²) in [4.78, 5) is 8.41. The Labute approximate surface area is 114 Å². The third-order valence-corrected chi connectivity index (χ3v) is 3.74. The molecule has 0 bridgehead atoms. The van der Waals surface area contributed by atoms with Gasteiger partial charge in [-0.1, -0.05) is 33.1 Å². The van der Waals surface area contributed by atoms with Crippen molar-refractivity contribution < 1.29 is 4.74 Å². The first kappa shape index (κ1) is 14.1. The summed E-state index contributed by atoms with van der Waals surface area (Å²) in [5, 5.41) is 0. The summed E-state index contributed by atoms with van der Waals surface area (Å²) in [5.41, 5.74) is 3.58. The molecule has 5 nitrogen and oxygen atoms in total. The molecule has 1 fully saturated rings. The van der Waals surface area contributed by atoms with Crippen LogP contribution >= 0.6 is 0 Å². The van der Waals surface area contributed by atoms with E-state index in [9.17, 15) is 0 Å². The van der Waals surface area contributed by atoms with Crippen molar-refractivity contribution in [2.45, 2.75) is 51.9 Å². The first-order valence-corrected chi connectivity index (χ1v) is 7.16. The molecule has 1 aliphatic rings. The van der Waals surface area contributed by atoms with Crippen molar-refractivity contribution in [3.63, 3.8) is 0 Å². The molecule has 0 amide bonds. The Morgan fingerprint density at radius 3 is 2.68 bits per heavy atom. The Hall–Kier alpha value is -1.36. The quantitative estimate of drug-likeness (QED) is 0.632. The highest BCUT2D eigenvalue weighted by Gasteiger charge is 2.18. The molecule has 0 unspecified atom stereocenters. The monoisotopic (exact) mass is 264 g/mol. The van der Waals surface area contributed by atoms with Gasteiger partial charge in [-0.25, -0.2) is 15.8 Å². The van der Waals surface area contributed by atoms with E-state index in [1.54, 1.807) is 0 Å². The van der Waals surface area contributed by atoms with Crippen LogP contribution in [0, 0.1) is 5.92 Å². The van der Waals surface area contributed by atoms with Crippen molar-refractivity contribution in [2.75, 3.05) is 12.0 Å².